The normalized spacial score (nSPS) is 15.3. The maximum Gasteiger partial charge on any atom is 0.263 e. The number of hydrogen-bond donors (Lipinski definition) is 1. The average molecular weight is 444 g/mol. The van der Waals surface area contributed by atoms with E-state index in [0.29, 0.717) is 18.3 Å². The fourth-order valence-corrected chi connectivity index (χ4v) is 6.05. The van der Waals surface area contributed by atoms with Crippen LogP contribution in [0.5, 0.6) is 0 Å². The van der Waals surface area contributed by atoms with Crippen molar-refractivity contribution in [3.05, 3.63) is 64.5 Å². The van der Waals surface area contributed by atoms with Gasteiger partial charge >= 0.3 is 0 Å². The first kappa shape index (κ1) is 21.0. The van der Waals surface area contributed by atoms with Crippen molar-refractivity contribution in [1.29, 1.82) is 0 Å². The summed E-state index contributed by atoms with van der Waals surface area (Å²) in [7, 11) is -3.72. The number of rotatable bonds is 6. The Hall–Kier alpha value is -2.26. The maximum absolute atomic E-state index is 13.0. The number of anilines is 1. The largest absolute Gasteiger partial charge is 0.379 e. The minimum absolute atomic E-state index is 0.277. The van der Waals surface area contributed by atoms with Crippen LogP contribution in [-0.2, 0) is 21.3 Å². The molecule has 1 fully saturated rings. The SMILES string of the molecule is Cc1ccc(S(=O)(=O)Nc2nc(-c3ccccc3)c(CN3CCOCC3)s2)c(C)c1. The third kappa shape index (κ3) is 4.73. The zero-order valence-corrected chi connectivity index (χ0v) is 18.7. The van der Waals surface area contributed by atoms with E-state index in [2.05, 4.69) is 14.6 Å². The monoisotopic (exact) mass is 443 g/mol. The van der Waals surface area contributed by atoms with Crippen LogP contribution in [0.4, 0.5) is 5.13 Å². The van der Waals surface area contributed by atoms with Crippen LogP contribution in [0.25, 0.3) is 11.3 Å². The second kappa shape index (κ2) is 8.85. The summed E-state index contributed by atoms with van der Waals surface area (Å²) in [5.41, 5.74) is 3.55. The van der Waals surface area contributed by atoms with E-state index in [9.17, 15) is 8.42 Å². The van der Waals surface area contributed by atoms with Gasteiger partial charge in [-0.05, 0) is 25.5 Å². The van der Waals surface area contributed by atoms with Gasteiger partial charge in [0, 0.05) is 30.1 Å². The summed E-state index contributed by atoms with van der Waals surface area (Å²) in [5, 5.41) is 0.386. The Bertz CT molecular complexity index is 1120. The van der Waals surface area contributed by atoms with Crippen molar-refractivity contribution in [2.75, 3.05) is 31.0 Å². The molecule has 0 amide bonds. The molecule has 1 aromatic heterocycles. The van der Waals surface area contributed by atoms with Crippen molar-refractivity contribution in [3.8, 4) is 11.3 Å². The smallest absolute Gasteiger partial charge is 0.263 e. The molecule has 0 unspecified atom stereocenters. The molecule has 0 radical (unpaired) electrons. The number of ether oxygens (including phenoxy) is 1. The lowest BCUT2D eigenvalue weighted by Crippen LogP contribution is -2.35. The standard InChI is InChI=1S/C22H25N3O3S2/c1-16-8-9-20(17(2)14-16)30(26,27)24-22-23-21(18-6-4-3-5-7-18)19(29-22)15-25-10-12-28-13-11-25/h3-9,14H,10-13,15H2,1-2H3,(H,23,24). The van der Waals surface area contributed by atoms with Gasteiger partial charge in [0.2, 0.25) is 0 Å². The molecule has 30 heavy (non-hydrogen) atoms. The number of aryl methyl sites for hydroxylation is 2. The minimum Gasteiger partial charge on any atom is -0.379 e. The molecule has 0 atom stereocenters. The van der Waals surface area contributed by atoms with E-state index in [-0.39, 0.29) is 4.90 Å². The highest BCUT2D eigenvalue weighted by Gasteiger charge is 2.22. The molecule has 0 saturated carbocycles. The third-order valence-electron chi connectivity index (χ3n) is 5.06. The van der Waals surface area contributed by atoms with Crippen LogP contribution < -0.4 is 4.72 Å². The van der Waals surface area contributed by atoms with Gasteiger partial charge in [0.15, 0.2) is 5.13 Å². The summed E-state index contributed by atoms with van der Waals surface area (Å²) >= 11 is 1.39. The summed E-state index contributed by atoms with van der Waals surface area (Å²) in [6.45, 7) is 7.61. The molecule has 0 bridgehead atoms. The average Bonchev–Trinajstić information content (AvgIpc) is 3.10. The van der Waals surface area contributed by atoms with Crippen molar-refractivity contribution in [2.45, 2.75) is 25.3 Å². The number of sulfonamides is 1. The van der Waals surface area contributed by atoms with Gasteiger partial charge in [-0.25, -0.2) is 13.4 Å². The van der Waals surface area contributed by atoms with Crippen LogP contribution in [0, 0.1) is 13.8 Å². The van der Waals surface area contributed by atoms with Gasteiger partial charge < -0.3 is 4.74 Å². The lowest BCUT2D eigenvalue weighted by Gasteiger charge is -2.26. The Morgan fingerprint density at radius 2 is 1.83 bits per heavy atom. The molecule has 1 aliphatic heterocycles. The van der Waals surface area contributed by atoms with Gasteiger partial charge in [-0.15, -0.1) is 0 Å². The number of thiazole rings is 1. The van der Waals surface area contributed by atoms with Gasteiger partial charge in [0.25, 0.3) is 10.0 Å². The first-order valence-corrected chi connectivity index (χ1v) is 12.2. The number of benzene rings is 2. The highest BCUT2D eigenvalue weighted by molar-refractivity contribution is 7.93. The lowest BCUT2D eigenvalue weighted by atomic mass is 10.1. The second-order valence-corrected chi connectivity index (χ2v) is 10.2. The second-order valence-electron chi connectivity index (χ2n) is 7.42. The zero-order chi connectivity index (χ0) is 21.1. The van der Waals surface area contributed by atoms with Crippen molar-refractivity contribution < 1.29 is 13.2 Å². The van der Waals surface area contributed by atoms with Crippen LogP contribution in [0.15, 0.2) is 53.4 Å². The molecule has 1 aliphatic rings. The Labute approximate surface area is 181 Å². The van der Waals surface area contributed by atoms with Crippen molar-refractivity contribution in [2.24, 2.45) is 0 Å². The van der Waals surface area contributed by atoms with Gasteiger partial charge in [-0.3, -0.25) is 9.62 Å². The molecule has 8 heteroatoms. The molecule has 3 aromatic rings. The zero-order valence-electron chi connectivity index (χ0n) is 17.1. The van der Waals surface area contributed by atoms with Gasteiger partial charge in [0.1, 0.15) is 0 Å². The van der Waals surface area contributed by atoms with E-state index < -0.39 is 10.0 Å². The van der Waals surface area contributed by atoms with Crippen LogP contribution >= 0.6 is 11.3 Å². The Morgan fingerprint density at radius 1 is 1.10 bits per heavy atom. The van der Waals surface area contributed by atoms with Crippen molar-refractivity contribution in [1.82, 2.24) is 9.88 Å². The van der Waals surface area contributed by atoms with Crippen LogP contribution in [-0.4, -0.2) is 44.6 Å². The van der Waals surface area contributed by atoms with Gasteiger partial charge in [-0.1, -0.05) is 59.4 Å². The van der Waals surface area contributed by atoms with E-state index in [1.807, 2.05) is 56.3 Å². The highest BCUT2D eigenvalue weighted by atomic mass is 32.2. The fraction of sp³-hybridized carbons (Fsp3) is 0.318. The third-order valence-corrected chi connectivity index (χ3v) is 7.64. The van der Waals surface area contributed by atoms with E-state index in [1.54, 1.807) is 6.07 Å². The van der Waals surface area contributed by atoms with Gasteiger partial charge in [0.05, 0.1) is 23.8 Å². The molecule has 6 nitrogen and oxygen atoms in total. The summed E-state index contributed by atoms with van der Waals surface area (Å²) in [6.07, 6.45) is 0. The molecular formula is C22H25N3O3S2. The lowest BCUT2D eigenvalue weighted by molar-refractivity contribution is 0.0347. The van der Waals surface area contributed by atoms with E-state index >= 15 is 0 Å². The highest BCUT2D eigenvalue weighted by Crippen LogP contribution is 2.33. The first-order chi connectivity index (χ1) is 14.4. The molecule has 2 aromatic carbocycles. The molecule has 0 spiro atoms. The Kier molecular flexibility index (Phi) is 6.19. The number of nitrogens with zero attached hydrogens (tertiary/aromatic N) is 2. The van der Waals surface area contributed by atoms with Crippen LogP contribution in [0.2, 0.25) is 0 Å². The molecule has 1 saturated heterocycles. The van der Waals surface area contributed by atoms with Crippen LogP contribution in [0.3, 0.4) is 0 Å². The van der Waals surface area contributed by atoms with E-state index in [0.717, 1.165) is 46.9 Å². The van der Waals surface area contributed by atoms with E-state index in [4.69, 9.17) is 4.74 Å². The summed E-state index contributed by atoms with van der Waals surface area (Å²) in [5.74, 6) is 0. The maximum atomic E-state index is 13.0. The molecular weight excluding hydrogens is 418 g/mol. The molecule has 2 heterocycles. The number of morpholine rings is 1. The fourth-order valence-electron chi connectivity index (χ4n) is 3.56. The predicted molar refractivity (Wildman–Crippen MR) is 120 cm³/mol. The van der Waals surface area contributed by atoms with Crippen molar-refractivity contribution in [3.63, 3.8) is 0 Å². The van der Waals surface area contributed by atoms with Gasteiger partial charge in [-0.2, -0.15) is 0 Å². The topological polar surface area (TPSA) is 71.5 Å². The molecule has 0 aliphatic carbocycles. The summed E-state index contributed by atoms with van der Waals surface area (Å²) < 4.78 is 34.2. The number of hydrogen-bond acceptors (Lipinski definition) is 6. The number of nitrogens with one attached hydrogen (secondary N) is 1. The number of aromatic nitrogens is 1. The predicted octanol–water partition coefficient (Wildman–Crippen LogP) is 4.06. The van der Waals surface area contributed by atoms with Crippen molar-refractivity contribution >= 4 is 26.5 Å². The van der Waals surface area contributed by atoms with Crippen LogP contribution in [0.1, 0.15) is 16.0 Å². The molecule has 4 rings (SSSR count). The molecule has 1 N–H and O–H groups in total. The summed E-state index contributed by atoms with van der Waals surface area (Å²) in [6, 6.07) is 15.2. The van der Waals surface area contributed by atoms with E-state index in [1.165, 1.54) is 11.3 Å². The quantitative estimate of drug-likeness (QED) is 0.622. The first-order valence-electron chi connectivity index (χ1n) is 9.88. The minimum atomic E-state index is -3.72. The Balaban J connectivity index is 1.66. The Morgan fingerprint density at radius 3 is 2.53 bits per heavy atom. The molecule has 158 valence electrons. The summed E-state index contributed by atoms with van der Waals surface area (Å²) in [4.78, 5) is 8.31.